The first-order valence-electron chi connectivity index (χ1n) is 13.3. The van der Waals surface area contributed by atoms with Crippen LogP contribution in [0.15, 0.2) is 89.8 Å². The Kier molecular flexibility index (Phi) is 11.2. The number of benzene rings is 3. The van der Waals surface area contributed by atoms with Gasteiger partial charge in [0.25, 0.3) is 0 Å². The number of hydrogen-bond acceptors (Lipinski definition) is 10. The van der Waals surface area contributed by atoms with E-state index in [0.29, 0.717) is 11.4 Å². The van der Waals surface area contributed by atoms with Crippen LogP contribution in [0.3, 0.4) is 0 Å². The summed E-state index contributed by atoms with van der Waals surface area (Å²) in [7, 11) is 1.54. The normalized spacial score (nSPS) is 21.5. The van der Waals surface area contributed by atoms with Crippen LogP contribution in [0, 0.1) is 0 Å². The first kappa shape index (κ1) is 30.9. The van der Waals surface area contributed by atoms with Crippen LogP contribution in [0.2, 0.25) is 0 Å². The van der Waals surface area contributed by atoms with Crippen molar-refractivity contribution in [2.45, 2.75) is 55.2 Å². The third-order valence-electron chi connectivity index (χ3n) is 6.20. The van der Waals surface area contributed by atoms with Crippen LogP contribution in [0.1, 0.15) is 19.4 Å². The number of hydrogen-bond donors (Lipinski definition) is 1. The molecule has 42 heavy (non-hydrogen) atoms. The van der Waals surface area contributed by atoms with E-state index < -0.39 is 47.9 Å². The van der Waals surface area contributed by atoms with E-state index in [9.17, 15) is 14.4 Å². The van der Waals surface area contributed by atoms with Gasteiger partial charge in [-0.15, -0.1) is 0 Å². The number of anilines is 1. The van der Waals surface area contributed by atoms with Crippen molar-refractivity contribution in [3.63, 3.8) is 0 Å². The Bertz CT molecular complexity index is 1310. The van der Waals surface area contributed by atoms with Gasteiger partial charge in [-0.1, -0.05) is 60.3 Å². The molecule has 0 bridgehead atoms. The molecule has 0 saturated carbocycles. The van der Waals surface area contributed by atoms with E-state index in [-0.39, 0.29) is 13.2 Å². The van der Waals surface area contributed by atoms with E-state index in [1.807, 2.05) is 60.7 Å². The average Bonchev–Trinajstić information content (AvgIpc) is 2.98. The summed E-state index contributed by atoms with van der Waals surface area (Å²) in [6.07, 6.45) is -4.92. The predicted octanol–water partition coefficient (Wildman–Crippen LogP) is 5.21. The van der Waals surface area contributed by atoms with Gasteiger partial charge in [-0.25, -0.2) is 4.79 Å². The summed E-state index contributed by atoms with van der Waals surface area (Å²) >= 11 is 1.35. The van der Waals surface area contributed by atoms with E-state index in [1.165, 1.54) is 25.6 Å². The first-order chi connectivity index (χ1) is 20.3. The van der Waals surface area contributed by atoms with E-state index in [1.54, 1.807) is 31.4 Å². The minimum Gasteiger partial charge on any atom is -0.497 e. The van der Waals surface area contributed by atoms with Crippen LogP contribution in [-0.2, 0) is 39.9 Å². The van der Waals surface area contributed by atoms with Gasteiger partial charge in [0, 0.05) is 24.4 Å². The standard InChI is InChI=1S/C31H33NO9S/c1-20(33)37-19-26-27(39-21(2)34)28(41-31(35)32-23-14-16-24(36-3)17-15-23)29(38-18-22-10-6-4-7-11-22)30(40-26)42-25-12-8-5-9-13-25/h4-17,26-30H,18-19H2,1-3H3,(H,32,35)/t26-,27-,28+,29+,30-/m1/s1. The van der Waals surface area contributed by atoms with Gasteiger partial charge in [-0.3, -0.25) is 14.9 Å². The maximum Gasteiger partial charge on any atom is 0.412 e. The Morgan fingerprint density at radius 1 is 0.810 bits per heavy atom. The van der Waals surface area contributed by atoms with E-state index >= 15 is 0 Å². The highest BCUT2D eigenvalue weighted by Crippen LogP contribution is 2.38. The molecule has 1 aliphatic rings. The third kappa shape index (κ3) is 8.97. The second kappa shape index (κ2) is 15.2. The fourth-order valence-electron chi connectivity index (χ4n) is 4.30. The smallest absolute Gasteiger partial charge is 0.412 e. The maximum absolute atomic E-state index is 13.2. The van der Waals surface area contributed by atoms with E-state index in [4.69, 9.17) is 28.4 Å². The highest BCUT2D eigenvalue weighted by Gasteiger charge is 2.51. The van der Waals surface area contributed by atoms with Crippen molar-refractivity contribution in [2.75, 3.05) is 19.0 Å². The number of methoxy groups -OCH3 is 1. The molecule has 1 heterocycles. The zero-order valence-corrected chi connectivity index (χ0v) is 24.3. The number of thioether (sulfide) groups is 1. The summed E-state index contributed by atoms with van der Waals surface area (Å²) < 4.78 is 34.8. The topological polar surface area (TPSA) is 119 Å². The zero-order valence-electron chi connectivity index (χ0n) is 23.5. The van der Waals surface area contributed by atoms with Crippen LogP contribution in [0.25, 0.3) is 0 Å². The molecule has 1 saturated heterocycles. The molecule has 0 aliphatic carbocycles. The lowest BCUT2D eigenvalue weighted by atomic mass is 9.99. The van der Waals surface area contributed by atoms with Gasteiger partial charge in [0.15, 0.2) is 12.2 Å². The van der Waals surface area contributed by atoms with Crippen molar-refractivity contribution in [3.05, 3.63) is 90.5 Å². The molecule has 0 spiro atoms. The van der Waals surface area contributed by atoms with Gasteiger partial charge >= 0.3 is 18.0 Å². The van der Waals surface area contributed by atoms with Crippen LogP contribution in [0.4, 0.5) is 10.5 Å². The van der Waals surface area contributed by atoms with Crippen molar-refractivity contribution >= 4 is 35.5 Å². The molecule has 1 amide bonds. The van der Waals surface area contributed by atoms with Crippen molar-refractivity contribution in [2.24, 2.45) is 0 Å². The first-order valence-corrected chi connectivity index (χ1v) is 14.2. The fraction of sp³-hybridized carbons (Fsp3) is 0.323. The lowest BCUT2D eigenvalue weighted by molar-refractivity contribution is -0.232. The van der Waals surface area contributed by atoms with Crippen LogP contribution in [-0.4, -0.2) is 61.6 Å². The molecule has 3 aromatic rings. The molecule has 1 aliphatic heterocycles. The Balaban J connectivity index is 1.67. The van der Waals surface area contributed by atoms with Crippen molar-refractivity contribution in [3.8, 4) is 5.75 Å². The highest BCUT2D eigenvalue weighted by atomic mass is 32.2. The van der Waals surface area contributed by atoms with Crippen molar-refractivity contribution in [1.29, 1.82) is 0 Å². The molecule has 1 fully saturated rings. The largest absolute Gasteiger partial charge is 0.497 e. The number of nitrogens with one attached hydrogen (secondary N) is 1. The van der Waals surface area contributed by atoms with Crippen molar-refractivity contribution < 1.29 is 42.8 Å². The summed E-state index contributed by atoms with van der Waals surface area (Å²) in [5, 5.41) is 2.69. The molecule has 1 N–H and O–H groups in total. The molecule has 4 rings (SSSR count). The number of ether oxygens (including phenoxy) is 6. The van der Waals surface area contributed by atoms with E-state index in [2.05, 4.69) is 5.32 Å². The van der Waals surface area contributed by atoms with Gasteiger partial charge in [-0.2, -0.15) is 0 Å². The van der Waals surface area contributed by atoms with Crippen molar-refractivity contribution in [1.82, 2.24) is 0 Å². The maximum atomic E-state index is 13.2. The Morgan fingerprint density at radius 2 is 1.48 bits per heavy atom. The molecule has 5 atom stereocenters. The van der Waals surface area contributed by atoms with Crippen LogP contribution >= 0.6 is 11.8 Å². The summed E-state index contributed by atoms with van der Waals surface area (Å²) in [6.45, 7) is 2.44. The average molecular weight is 596 g/mol. The number of rotatable bonds is 11. The van der Waals surface area contributed by atoms with Gasteiger partial charge in [0.05, 0.1) is 13.7 Å². The van der Waals surface area contributed by atoms with E-state index in [0.717, 1.165) is 10.5 Å². The Labute approximate surface area is 248 Å². The Morgan fingerprint density at radius 3 is 2.10 bits per heavy atom. The lowest BCUT2D eigenvalue weighted by Gasteiger charge is -2.44. The molecule has 222 valence electrons. The summed E-state index contributed by atoms with van der Waals surface area (Å²) in [5.41, 5.74) is 0.612. The fourth-order valence-corrected chi connectivity index (χ4v) is 5.44. The number of amides is 1. The van der Waals surface area contributed by atoms with Crippen LogP contribution < -0.4 is 10.1 Å². The minimum atomic E-state index is -1.14. The number of esters is 2. The van der Waals surface area contributed by atoms with Gasteiger partial charge in [0.2, 0.25) is 0 Å². The van der Waals surface area contributed by atoms with Gasteiger partial charge in [-0.05, 0) is 42.0 Å². The van der Waals surface area contributed by atoms with Gasteiger partial charge in [0.1, 0.15) is 30.0 Å². The molecule has 0 radical (unpaired) electrons. The van der Waals surface area contributed by atoms with Crippen LogP contribution in [0.5, 0.6) is 5.75 Å². The molecular weight excluding hydrogens is 562 g/mol. The zero-order chi connectivity index (χ0) is 29.9. The monoisotopic (exact) mass is 595 g/mol. The molecule has 0 aromatic heterocycles. The summed E-state index contributed by atoms with van der Waals surface area (Å²) in [4.78, 5) is 38.0. The predicted molar refractivity (Wildman–Crippen MR) is 155 cm³/mol. The quantitative estimate of drug-likeness (QED) is 0.234. The number of carbonyl (C=O) groups is 3. The molecule has 11 heteroatoms. The summed E-state index contributed by atoms with van der Waals surface area (Å²) in [5.74, 6) is -0.544. The second-order valence-electron chi connectivity index (χ2n) is 9.34. The Hall–Kier alpha value is -4.06. The molecule has 0 unspecified atom stereocenters. The lowest BCUT2D eigenvalue weighted by Crippen LogP contribution is -2.61. The van der Waals surface area contributed by atoms with Gasteiger partial charge < -0.3 is 28.4 Å². The molecular formula is C31H33NO9S. The SMILES string of the molecule is COc1ccc(NC(=O)O[C@@H]2[C@H](OCc3ccccc3)[C@@H](Sc3ccccc3)O[C@H](COC(C)=O)[C@H]2OC(C)=O)cc1. The molecule has 10 nitrogen and oxygen atoms in total. The third-order valence-corrected chi connectivity index (χ3v) is 7.36. The highest BCUT2D eigenvalue weighted by molar-refractivity contribution is 7.99. The minimum absolute atomic E-state index is 0.169. The molecule has 3 aromatic carbocycles. The second-order valence-corrected chi connectivity index (χ2v) is 10.5. The number of carbonyl (C=O) groups excluding carboxylic acids is 3. The summed E-state index contributed by atoms with van der Waals surface area (Å²) in [6, 6.07) is 25.7.